The second-order valence-corrected chi connectivity index (χ2v) is 5.45. The van der Waals surface area contributed by atoms with Gasteiger partial charge in [-0.05, 0) is 57.2 Å². The van der Waals surface area contributed by atoms with Gasteiger partial charge in [0.05, 0.1) is 0 Å². The van der Waals surface area contributed by atoms with Gasteiger partial charge < -0.3 is 10.4 Å². The number of hydrogen-bond donors (Lipinski definition) is 2. The highest BCUT2D eigenvalue weighted by Crippen LogP contribution is 2.39. The Labute approximate surface area is 102 Å². The highest BCUT2D eigenvalue weighted by Gasteiger charge is 2.38. The number of amides is 1. The van der Waals surface area contributed by atoms with Crippen molar-refractivity contribution in [1.29, 1.82) is 0 Å². The number of aryl methyl sites for hydroxylation is 1. The van der Waals surface area contributed by atoms with Gasteiger partial charge >= 0.3 is 0 Å². The molecule has 3 nitrogen and oxygen atoms in total. The molecule has 2 rings (SSSR count). The maximum Gasteiger partial charge on any atom is 0.251 e. The number of phenols is 1. The fraction of sp³-hybridized carbons (Fsp3) is 0.500. The van der Waals surface area contributed by atoms with E-state index in [9.17, 15) is 9.90 Å². The van der Waals surface area contributed by atoms with Crippen LogP contribution in [0.2, 0.25) is 0 Å². The standard InChI is InChI=1S/C14H19NO2/c1-9-4-5-10(8-12(9)16)13(17)15-14(2,3)11-6-7-11/h4-5,8,11,16H,6-7H2,1-3H3,(H,15,17). The van der Waals surface area contributed by atoms with E-state index in [4.69, 9.17) is 0 Å². The van der Waals surface area contributed by atoms with E-state index in [-0.39, 0.29) is 17.2 Å². The number of nitrogens with one attached hydrogen (secondary N) is 1. The van der Waals surface area contributed by atoms with E-state index in [2.05, 4.69) is 19.2 Å². The molecule has 1 aliphatic carbocycles. The third-order valence-corrected chi connectivity index (χ3v) is 3.50. The van der Waals surface area contributed by atoms with Crippen LogP contribution >= 0.6 is 0 Å². The molecule has 1 aromatic rings. The number of rotatable bonds is 3. The van der Waals surface area contributed by atoms with Gasteiger partial charge in [-0.2, -0.15) is 0 Å². The van der Waals surface area contributed by atoms with E-state index < -0.39 is 0 Å². The van der Waals surface area contributed by atoms with Crippen molar-refractivity contribution in [2.45, 2.75) is 39.2 Å². The molecule has 92 valence electrons. The number of hydrogen-bond acceptors (Lipinski definition) is 2. The van der Waals surface area contributed by atoms with Crippen LogP contribution in [0.25, 0.3) is 0 Å². The topological polar surface area (TPSA) is 49.3 Å². The maximum atomic E-state index is 12.0. The predicted molar refractivity (Wildman–Crippen MR) is 67.1 cm³/mol. The van der Waals surface area contributed by atoms with E-state index in [0.717, 1.165) is 5.56 Å². The average molecular weight is 233 g/mol. The van der Waals surface area contributed by atoms with Crippen molar-refractivity contribution in [2.75, 3.05) is 0 Å². The van der Waals surface area contributed by atoms with Crippen molar-refractivity contribution in [2.24, 2.45) is 5.92 Å². The minimum absolute atomic E-state index is 0.114. The fourth-order valence-corrected chi connectivity index (χ4v) is 2.02. The van der Waals surface area contributed by atoms with E-state index in [1.165, 1.54) is 18.9 Å². The van der Waals surface area contributed by atoms with Crippen molar-refractivity contribution in [1.82, 2.24) is 5.32 Å². The number of aromatic hydroxyl groups is 1. The molecule has 1 aromatic carbocycles. The van der Waals surface area contributed by atoms with Gasteiger partial charge in [-0.3, -0.25) is 4.79 Å². The Kier molecular flexibility index (Phi) is 2.86. The molecule has 1 aliphatic rings. The molecule has 0 bridgehead atoms. The van der Waals surface area contributed by atoms with Crippen molar-refractivity contribution in [3.05, 3.63) is 29.3 Å². The number of phenolic OH excluding ortho intramolecular Hbond substituents is 1. The molecule has 0 atom stereocenters. The van der Waals surface area contributed by atoms with Crippen molar-refractivity contribution >= 4 is 5.91 Å². The van der Waals surface area contributed by atoms with Crippen molar-refractivity contribution in [3.63, 3.8) is 0 Å². The fourth-order valence-electron chi connectivity index (χ4n) is 2.02. The van der Waals surface area contributed by atoms with Gasteiger partial charge in [-0.25, -0.2) is 0 Å². The van der Waals surface area contributed by atoms with E-state index in [1.807, 2.05) is 6.92 Å². The van der Waals surface area contributed by atoms with E-state index >= 15 is 0 Å². The minimum atomic E-state index is -0.155. The van der Waals surface area contributed by atoms with Gasteiger partial charge in [0.1, 0.15) is 5.75 Å². The molecule has 1 amide bonds. The van der Waals surface area contributed by atoms with Crippen LogP contribution in [0.3, 0.4) is 0 Å². The predicted octanol–water partition coefficient (Wildman–Crippen LogP) is 2.62. The van der Waals surface area contributed by atoms with Crippen LogP contribution < -0.4 is 5.32 Å². The molecule has 1 fully saturated rings. The Morgan fingerprint density at radius 1 is 1.41 bits per heavy atom. The number of carbonyl (C=O) groups is 1. The molecular weight excluding hydrogens is 214 g/mol. The summed E-state index contributed by atoms with van der Waals surface area (Å²) in [6.07, 6.45) is 2.37. The Morgan fingerprint density at radius 2 is 2.06 bits per heavy atom. The van der Waals surface area contributed by atoms with E-state index in [1.54, 1.807) is 12.1 Å². The zero-order valence-electron chi connectivity index (χ0n) is 10.6. The van der Waals surface area contributed by atoms with E-state index in [0.29, 0.717) is 11.5 Å². The third-order valence-electron chi connectivity index (χ3n) is 3.50. The number of benzene rings is 1. The van der Waals surface area contributed by atoms with Crippen LogP contribution in [0.5, 0.6) is 5.75 Å². The molecule has 0 unspecified atom stereocenters. The van der Waals surface area contributed by atoms with Gasteiger partial charge in [0.25, 0.3) is 5.91 Å². The van der Waals surface area contributed by atoms with Gasteiger partial charge in [0.2, 0.25) is 0 Å². The first-order valence-corrected chi connectivity index (χ1v) is 6.02. The minimum Gasteiger partial charge on any atom is -0.508 e. The first kappa shape index (κ1) is 12.0. The molecule has 3 heteroatoms. The molecule has 0 heterocycles. The quantitative estimate of drug-likeness (QED) is 0.843. The summed E-state index contributed by atoms with van der Waals surface area (Å²) in [6.45, 7) is 5.92. The van der Waals surface area contributed by atoms with Crippen LogP contribution in [-0.4, -0.2) is 16.6 Å². The largest absolute Gasteiger partial charge is 0.508 e. The molecule has 0 aliphatic heterocycles. The SMILES string of the molecule is Cc1ccc(C(=O)NC(C)(C)C2CC2)cc1O. The third kappa shape index (κ3) is 2.60. The second kappa shape index (κ2) is 4.06. The van der Waals surface area contributed by atoms with Crippen LogP contribution in [0.4, 0.5) is 0 Å². The summed E-state index contributed by atoms with van der Waals surface area (Å²) in [5.74, 6) is 0.643. The summed E-state index contributed by atoms with van der Waals surface area (Å²) in [7, 11) is 0. The average Bonchev–Trinajstić information content (AvgIpc) is 3.04. The summed E-state index contributed by atoms with van der Waals surface area (Å²) < 4.78 is 0. The lowest BCUT2D eigenvalue weighted by molar-refractivity contribution is 0.0903. The molecule has 0 saturated heterocycles. The Hall–Kier alpha value is -1.51. The van der Waals surface area contributed by atoms with Gasteiger partial charge in [-0.15, -0.1) is 0 Å². The molecule has 0 radical (unpaired) electrons. The highest BCUT2D eigenvalue weighted by atomic mass is 16.3. The van der Waals surface area contributed by atoms with Crippen LogP contribution in [0, 0.1) is 12.8 Å². The zero-order chi connectivity index (χ0) is 12.6. The molecular formula is C14H19NO2. The molecule has 0 spiro atoms. The van der Waals surface area contributed by atoms with Crippen molar-refractivity contribution in [3.8, 4) is 5.75 Å². The Morgan fingerprint density at radius 3 is 2.59 bits per heavy atom. The highest BCUT2D eigenvalue weighted by molar-refractivity contribution is 5.95. The Bertz CT molecular complexity index is 448. The summed E-state index contributed by atoms with van der Waals surface area (Å²) >= 11 is 0. The zero-order valence-corrected chi connectivity index (χ0v) is 10.6. The van der Waals surface area contributed by atoms with Crippen LogP contribution in [-0.2, 0) is 0 Å². The lowest BCUT2D eigenvalue weighted by atomic mass is 9.98. The summed E-state index contributed by atoms with van der Waals surface area (Å²) in [5, 5.41) is 12.6. The lowest BCUT2D eigenvalue weighted by Gasteiger charge is -2.26. The Balaban J connectivity index is 2.11. The van der Waals surface area contributed by atoms with Crippen molar-refractivity contribution < 1.29 is 9.90 Å². The first-order chi connectivity index (χ1) is 7.90. The maximum absolute atomic E-state index is 12.0. The smallest absolute Gasteiger partial charge is 0.251 e. The van der Waals surface area contributed by atoms with Gasteiger partial charge in [0, 0.05) is 11.1 Å². The lowest BCUT2D eigenvalue weighted by Crippen LogP contribution is -2.45. The second-order valence-electron chi connectivity index (χ2n) is 5.45. The summed E-state index contributed by atoms with van der Waals surface area (Å²) in [4.78, 5) is 12.0. The molecule has 17 heavy (non-hydrogen) atoms. The molecule has 2 N–H and O–H groups in total. The van der Waals surface area contributed by atoms with Gasteiger partial charge in [-0.1, -0.05) is 6.07 Å². The number of carbonyl (C=O) groups excluding carboxylic acids is 1. The van der Waals surface area contributed by atoms with Crippen LogP contribution in [0.15, 0.2) is 18.2 Å². The summed E-state index contributed by atoms with van der Waals surface area (Å²) in [5.41, 5.74) is 1.14. The van der Waals surface area contributed by atoms with Gasteiger partial charge in [0.15, 0.2) is 0 Å². The molecule has 1 saturated carbocycles. The van der Waals surface area contributed by atoms with Crippen LogP contribution in [0.1, 0.15) is 42.6 Å². The normalized spacial score (nSPS) is 15.7. The monoisotopic (exact) mass is 233 g/mol. The first-order valence-electron chi connectivity index (χ1n) is 6.02. The summed E-state index contributed by atoms with van der Waals surface area (Å²) in [6, 6.07) is 5.02. The molecule has 0 aromatic heterocycles.